The van der Waals surface area contributed by atoms with Gasteiger partial charge in [0.05, 0.1) is 13.2 Å². The lowest BCUT2D eigenvalue weighted by Gasteiger charge is -2.19. The minimum Gasteiger partial charge on any atom is -0.462 e. The molecule has 0 aliphatic carbocycles. The van der Waals surface area contributed by atoms with Crippen molar-refractivity contribution in [2.45, 2.75) is 277 Å². The van der Waals surface area contributed by atoms with Crippen LogP contribution in [-0.4, -0.2) is 49.3 Å². The summed E-state index contributed by atoms with van der Waals surface area (Å²) in [7, 11) is -4.41. The SMILES string of the molecule is CC/C=C\C/C=C\C/C=C\C/C=C\C/C=C\C/C=C\C/C=C\CCCCCCCCCCCCCC(=O)OCC(COP(=O)(O)OCCN)OC(=O)CCCCCCCCCCCCC/C=C\C/C=C\C/C=C\C/C=C\C/C=C\C/C=C\C/C=C\CC. The van der Waals surface area contributed by atoms with Gasteiger partial charge in [-0.2, -0.15) is 0 Å². The van der Waals surface area contributed by atoms with Gasteiger partial charge in [-0.05, 0) is 128 Å². The van der Waals surface area contributed by atoms with E-state index in [0.29, 0.717) is 6.42 Å². The molecule has 492 valence electrons. The maximum Gasteiger partial charge on any atom is 0.472 e. The Balaban J connectivity index is 3.97. The standard InChI is InChI=1S/C77H126NO8P/c1-3-5-7-9-11-13-15-17-19-21-23-25-27-29-31-33-35-37-39-41-43-45-47-49-51-53-55-57-59-61-63-65-67-69-76(79)83-73-75(74-85-87(81,82)84-72-71-78)86-77(80)70-68-66-64-62-60-58-56-54-52-50-48-46-44-42-40-38-36-34-32-30-28-26-24-22-20-18-16-14-12-10-8-6-4-2/h5-8,11-14,17-20,23-26,29-32,35-38,41-44,75H,3-4,9-10,15-16,21-22,27-28,33-34,39-40,45-74,78H2,1-2H3,(H,81,82)/b7-5-,8-6-,13-11-,14-12-,19-17-,20-18-,25-23-,26-24-,31-29-,32-30-,37-35-,38-36-,43-41-,44-42-. The fourth-order valence-electron chi connectivity index (χ4n) is 9.07. The second-order valence-electron chi connectivity index (χ2n) is 22.3. The molecule has 0 radical (unpaired) electrons. The molecule has 0 aliphatic heterocycles. The van der Waals surface area contributed by atoms with E-state index in [1.807, 2.05) is 0 Å². The second-order valence-corrected chi connectivity index (χ2v) is 23.7. The molecule has 10 heteroatoms. The average Bonchev–Trinajstić information content (AvgIpc) is 3.55. The largest absolute Gasteiger partial charge is 0.472 e. The normalized spacial score (nSPS) is 14.0. The molecule has 0 saturated heterocycles. The molecule has 0 aromatic carbocycles. The Bertz CT molecular complexity index is 2030. The summed E-state index contributed by atoms with van der Waals surface area (Å²) < 4.78 is 33.2. The highest BCUT2D eigenvalue weighted by atomic mass is 31.2. The fourth-order valence-corrected chi connectivity index (χ4v) is 9.83. The van der Waals surface area contributed by atoms with Gasteiger partial charge >= 0.3 is 19.8 Å². The van der Waals surface area contributed by atoms with Crippen LogP contribution in [0.15, 0.2) is 170 Å². The van der Waals surface area contributed by atoms with Crippen LogP contribution < -0.4 is 5.73 Å². The third kappa shape index (κ3) is 70.3. The summed E-state index contributed by atoms with van der Waals surface area (Å²) in [4.78, 5) is 35.4. The first-order chi connectivity index (χ1) is 42.8. The molecular formula is C77H126NO8P. The summed E-state index contributed by atoms with van der Waals surface area (Å²) in [5, 5.41) is 0. The summed E-state index contributed by atoms with van der Waals surface area (Å²) in [6.07, 6.45) is 104. The minimum absolute atomic E-state index is 0.0447. The molecule has 0 amide bonds. The summed E-state index contributed by atoms with van der Waals surface area (Å²) in [6, 6.07) is 0. The van der Waals surface area contributed by atoms with E-state index in [1.165, 1.54) is 89.9 Å². The molecule has 0 saturated carbocycles. The second kappa shape index (κ2) is 70.5. The third-order valence-electron chi connectivity index (χ3n) is 14.1. The average molecular weight is 1220 g/mol. The number of allylic oxidation sites excluding steroid dienone is 28. The van der Waals surface area contributed by atoms with Crippen LogP contribution in [0.3, 0.4) is 0 Å². The van der Waals surface area contributed by atoms with Gasteiger partial charge < -0.3 is 20.1 Å². The summed E-state index contributed by atoms with van der Waals surface area (Å²) in [5.41, 5.74) is 5.40. The molecule has 2 atom stereocenters. The Hall–Kier alpha value is -4.63. The quantitative estimate of drug-likeness (QED) is 0.0264. The monoisotopic (exact) mass is 1220 g/mol. The highest BCUT2D eigenvalue weighted by Crippen LogP contribution is 2.43. The number of carbonyl (C=O) groups excluding carboxylic acids is 2. The Labute approximate surface area is 533 Å². The topological polar surface area (TPSA) is 134 Å². The van der Waals surface area contributed by atoms with E-state index in [2.05, 4.69) is 184 Å². The lowest BCUT2D eigenvalue weighted by Crippen LogP contribution is -2.29. The van der Waals surface area contributed by atoms with Gasteiger partial charge in [0.1, 0.15) is 6.61 Å². The first-order valence-corrected chi connectivity index (χ1v) is 36.1. The number of rotatable bonds is 63. The van der Waals surface area contributed by atoms with Crippen LogP contribution >= 0.6 is 7.82 Å². The molecule has 2 unspecified atom stereocenters. The molecule has 0 aliphatic rings. The zero-order valence-electron chi connectivity index (χ0n) is 55.2. The van der Waals surface area contributed by atoms with Crippen LogP contribution in [0.1, 0.15) is 271 Å². The van der Waals surface area contributed by atoms with Gasteiger partial charge in [0.25, 0.3) is 0 Å². The number of nitrogens with two attached hydrogens (primary N) is 1. The van der Waals surface area contributed by atoms with Crippen molar-refractivity contribution in [2.24, 2.45) is 5.73 Å². The van der Waals surface area contributed by atoms with E-state index in [4.69, 9.17) is 24.3 Å². The van der Waals surface area contributed by atoms with E-state index < -0.39 is 26.5 Å². The Morgan fingerprint density at radius 3 is 0.885 bits per heavy atom. The predicted octanol–water partition coefficient (Wildman–Crippen LogP) is 23.0. The van der Waals surface area contributed by atoms with Crippen LogP contribution in [0.5, 0.6) is 0 Å². The third-order valence-corrected chi connectivity index (χ3v) is 15.1. The van der Waals surface area contributed by atoms with Crippen molar-refractivity contribution in [3.05, 3.63) is 170 Å². The van der Waals surface area contributed by atoms with Crippen molar-refractivity contribution in [3.8, 4) is 0 Å². The summed E-state index contributed by atoms with van der Waals surface area (Å²) >= 11 is 0. The molecule has 0 heterocycles. The molecule has 0 fully saturated rings. The summed E-state index contributed by atoms with van der Waals surface area (Å²) in [5.74, 6) is -0.841. The molecular weight excluding hydrogens is 1100 g/mol. The number of phosphoric acid groups is 1. The van der Waals surface area contributed by atoms with Gasteiger partial charge in [-0.25, -0.2) is 4.57 Å². The van der Waals surface area contributed by atoms with Gasteiger partial charge in [0.2, 0.25) is 0 Å². The number of ether oxygens (including phenoxy) is 2. The molecule has 3 N–H and O–H groups in total. The van der Waals surface area contributed by atoms with E-state index in [0.717, 1.165) is 148 Å². The first-order valence-electron chi connectivity index (χ1n) is 34.6. The smallest absolute Gasteiger partial charge is 0.462 e. The number of phosphoric ester groups is 1. The minimum atomic E-state index is -4.41. The maximum atomic E-state index is 12.8. The predicted molar refractivity (Wildman–Crippen MR) is 376 cm³/mol. The first kappa shape index (κ1) is 82.4. The van der Waals surface area contributed by atoms with Crippen LogP contribution in [0.4, 0.5) is 0 Å². The highest BCUT2D eigenvalue weighted by Gasteiger charge is 2.26. The number of esters is 2. The van der Waals surface area contributed by atoms with Crippen LogP contribution in [-0.2, 0) is 32.7 Å². The van der Waals surface area contributed by atoms with Crippen molar-refractivity contribution in [3.63, 3.8) is 0 Å². The lowest BCUT2D eigenvalue weighted by molar-refractivity contribution is -0.161. The highest BCUT2D eigenvalue weighted by molar-refractivity contribution is 7.47. The fraction of sp³-hybridized carbons (Fsp3) is 0.610. The number of unbranched alkanes of at least 4 members (excludes halogenated alkanes) is 22. The molecule has 87 heavy (non-hydrogen) atoms. The molecule has 0 aromatic rings. The molecule has 0 rings (SSSR count). The number of hydrogen-bond acceptors (Lipinski definition) is 8. The van der Waals surface area contributed by atoms with E-state index >= 15 is 0 Å². The van der Waals surface area contributed by atoms with Gasteiger partial charge in [-0.1, -0.05) is 300 Å². The maximum absolute atomic E-state index is 12.8. The Morgan fingerprint density at radius 2 is 0.598 bits per heavy atom. The number of hydrogen-bond donors (Lipinski definition) is 2. The van der Waals surface area contributed by atoms with Gasteiger partial charge in [-0.3, -0.25) is 18.6 Å². The van der Waals surface area contributed by atoms with Crippen molar-refractivity contribution < 1.29 is 37.6 Å². The molecule has 0 aromatic heterocycles. The molecule has 0 bridgehead atoms. The molecule has 0 spiro atoms. The van der Waals surface area contributed by atoms with Crippen molar-refractivity contribution >= 4 is 19.8 Å². The van der Waals surface area contributed by atoms with Crippen molar-refractivity contribution in [1.29, 1.82) is 0 Å². The van der Waals surface area contributed by atoms with Gasteiger partial charge in [-0.15, -0.1) is 0 Å². The van der Waals surface area contributed by atoms with Gasteiger partial charge in [0, 0.05) is 19.4 Å². The van der Waals surface area contributed by atoms with E-state index in [1.54, 1.807) is 0 Å². The zero-order valence-corrected chi connectivity index (χ0v) is 56.1. The van der Waals surface area contributed by atoms with Crippen LogP contribution in [0.2, 0.25) is 0 Å². The van der Waals surface area contributed by atoms with Crippen LogP contribution in [0.25, 0.3) is 0 Å². The van der Waals surface area contributed by atoms with Crippen molar-refractivity contribution in [1.82, 2.24) is 0 Å². The molecule has 9 nitrogen and oxygen atoms in total. The van der Waals surface area contributed by atoms with E-state index in [-0.39, 0.29) is 38.6 Å². The summed E-state index contributed by atoms with van der Waals surface area (Å²) in [6.45, 7) is 3.51. The zero-order chi connectivity index (χ0) is 63.0. The Morgan fingerprint density at radius 1 is 0.345 bits per heavy atom. The van der Waals surface area contributed by atoms with Crippen molar-refractivity contribution in [2.75, 3.05) is 26.4 Å². The van der Waals surface area contributed by atoms with Crippen LogP contribution in [0, 0.1) is 0 Å². The Kier molecular flexibility index (Phi) is 66.7. The lowest BCUT2D eigenvalue weighted by atomic mass is 10.0. The number of carbonyl (C=O) groups is 2. The van der Waals surface area contributed by atoms with Gasteiger partial charge in [0.15, 0.2) is 6.10 Å². The van der Waals surface area contributed by atoms with E-state index in [9.17, 15) is 19.0 Å².